The van der Waals surface area contributed by atoms with E-state index in [-0.39, 0.29) is 16.8 Å². The summed E-state index contributed by atoms with van der Waals surface area (Å²) in [5.41, 5.74) is 0.865. The summed E-state index contributed by atoms with van der Waals surface area (Å²) < 4.78 is 1.01. The number of carboxylic acid groups (broad SMARTS) is 1. The van der Waals surface area contributed by atoms with Crippen molar-refractivity contribution in [1.82, 2.24) is 0 Å². The van der Waals surface area contributed by atoms with E-state index in [0.29, 0.717) is 0 Å². The van der Waals surface area contributed by atoms with E-state index in [4.69, 9.17) is 28.3 Å². The topological polar surface area (TPSA) is 37.3 Å². The number of halogens is 3. The van der Waals surface area contributed by atoms with Gasteiger partial charge in [-0.3, -0.25) is 4.79 Å². The molecule has 1 aromatic rings. The summed E-state index contributed by atoms with van der Waals surface area (Å²) in [5, 5.41) is 8.79. The molecule has 0 saturated carbocycles. The van der Waals surface area contributed by atoms with Crippen molar-refractivity contribution in [2.24, 2.45) is 0 Å². The summed E-state index contributed by atoms with van der Waals surface area (Å²) in [6, 6.07) is 7.37. The predicted octanol–water partition coefficient (Wildman–Crippen LogP) is 4.33. The standard InChI is InChI=1S/C11H9BrCl2O2/c12-9-3-1-7(2-4-9)8(5-10(13)14)6-11(15)16/h1-5,8H,6H2,(H,15,16). The minimum Gasteiger partial charge on any atom is -0.481 e. The molecule has 1 aromatic carbocycles. The number of hydrogen-bond acceptors (Lipinski definition) is 1. The fourth-order valence-corrected chi connectivity index (χ4v) is 1.89. The van der Waals surface area contributed by atoms with Crippen molar-refractivity contribution in [1.29, 1.82) is 0 Å². The Hall–Kier alpha value is -0.510. The Morgan fingerprint density at radius 3 is 2.38 bits per heavy atom. The minimum absolute atomic E-state index is 0.0371. The highest BCUT2D eigenvalue weighted by Crippen LogP contribution is 2.26. The maximum Gasteiger partial charge on any atom is 0.304 e. The van der Waals surface area contributed by atoms with E-state index in [1.807, 2.05) is 24.3 Å². The molecule has 0 aliphatic heterocycles. The third-order valence-electron chi connectivity index (χ3n) is 2.02. The molecule has 16 heavy (non-hydrogen) atoms. The van der Waals surface area contributed by atoms with Crippen LogP contribution in [-0.4, -0.2) is 11.1 Å². The van der Waals surface area contributed by atoms with Gasteiger partial charge in [-0.25, -0.2) is 0 Å². The molecule has 1 rings (SSSR count). The third-order valence-corrected chi connectivity index (χ3v) is 2.80. The van der Waals surface area contributed by atoms with E-state index < -0.39 is 5.97 Å². The van der Waals surface area contributed by atoms with Gasteiger partial charge in [-0.05, 0) is 23.8 Å². The number of allylic oxidation sites excluding steroid dienone is 1. The monoisotopic (exact) mass is 322 g/mol. The van der Waals surface area contributed by atoms with Gasteiger partial charge in [-0.1, -0.05) is 51.3 Å². The zero-order valence-electron chi connectivity index (χ0n) is 8.16. The molecule has 0 aromatic heterocycles. The molecule has 2 nitrogen and oxygen atoms in total. The van der Waals surface area contributed by atoms with Crippen LogP contribution in [0.1, 0.15) is 17.9 Å². The maximum atomic E-state index is 10.7. The molecule has 0 aliphatic carbocycles. The van der Waals surface area contributed by atoms with Crippen LogP contribution in [0.15, 0.2) is 39.3 Å². The molecule has 0 amide bonds. The van der Waals surface area contributed by atoms with Crippen molar-refractivity contribution in [3.63, 3.8) is 0 Å². The third kappa shape index (κ3) is 4.56. The van der Waals surface area contributed by atoms with Crippen molar-refractivity contribution in [2.75, 3.05) is 0 Å². The van der Waals surface area contributed by atoms with Crippen molar-refractivity contribution >= 4 is 45.1 Å². The van der Waals surface area contributed by atoms with Crippen LogP contribution < -0.4 is 0 Å². The van der Waals surface area contributed by atoms with Gasteiger partial charge in [0.1, 0.15) is 4.49 Å². The van der Waals surface area contributed by atoms with Gasteiger partial charge in [0.25, 0.3) is 0 Å². The molecule has 1 unspecified atom stereocenters. The van der Waals surface area contributed by atoms with Crippen LogP contribution in [-0.2, 0) is 4.79 Å². The van der Waals surface area contributed by atoms with Crippen molar-refractivity contribution in [2.45, 2.75) is 12.3 Å². The van der Waals surface area contributed by atoms with Crippen LogP contribution in [0.5, 0.6) is 0 Å². The largest absolute Gasteiger partial charge is 0.481 e. The fraction of sp³-hybridized carbons (Fsp3) is 0.182. The van der Waals surface area contributed by atoms with Crippen molar-refractivity contribution < 1.29 is 9.90 Å². The molecule has 0 aliphatic rings. The number of aliphatic carboxylic acids is 1. The highest BCUT2D eigenvalue weighted by atomic mass is 79.9. The van der Waals surface area contributed by atoms with Crippen LogP contribution in [0.2, 0.25) is 0 Å². The molecule has 1 N–H and O–H groups in total. The first-order valence-electron chi connectivity index (χ1n) is 4.49. The minimum atomic E-state index is -0.890. The van der Waals surface area contributed by atoms with Gasteiger partial charge in [0.2, 0.25) is 0 Å². The zero-order chi connectivity index (χ0) is 12.1. The number of hydrogen-bond donors (Lipinski definition) is 1. The molecular formula is C11H9BrCl2O2. The average molecular weight is 324 g/mol. The van der Waals surface area contributed by atoms with E-state index in [2.05, 4.69) is 15.9 Å². The van der Waals surface area contributed by atoms with Crippen LogP contribution in [0.25, 0.3) is 0 Å². The maximum absolute atomic E-state index is 10.7. The lowest BCUT2D eigenvalue weighted by Crippen LogP contribution is -2.04. The number of rotatable bonds is 4. The second-order valence-corrected chi connectivity index (χ2v) is 5.14. The van der Waals surface area contributed by atoms with Crippen molar-refractivity contribution in [3.05, 3.63) is 44.9 Å². The molecule has 0 saturated heterocycles. The summed E-state index contributed by atoms with van der Waals surface area (Å²) in [6.45, 7) is 0. The van der Waals surface area contributed by atoms with E-state index >= 15 is 0 Å². The molecule has 0 heterocycles. The number of carbonyl (C=O) groups is 1. The lowest BCUT2D eigenvalue weighted by molar-refractivity contribution is -0.137. The highest BCUT2D eigenvalue weighted by molar-refractivity contribution is 9.10. The van der Waals surface area contributed by atoms with Gasteiger partial charge in [0, 0.05) is 10.4 Å². The van der Waals surface area contributed by atoms with Gasteiger partial charge in [0.05, 0.1) is 6.42 Å². The number of carboxylic acids is 1. The second kappa shape index (κ2) is 6.28. The quantitative estimate of drug-likeness (QED) is 0.895. The number of benzene rings is 1. The molecule has 0 fully saturated rings. The van der Waals surface area contributed by atoms with Gasteiger partial charge >= 0.3 is 5.97 Å². The predicted molar refractivity (Wildman–Crippen MR) is 68.9 cm³/mol. The van der Waals surface area contributed by atoms with Crippen LogP contribution >= 0.6 is 39.1 Å². The van der Waals surface area contributed by atoms with E-state index in [0.717, 1.165) is 10.0 Å². The Kier molecular flexibility index (Phi) is 5.32. The molecular weight excluding hydrogens is 315 g/mol. The molecule has 0 bridgehead atoms. The average Bonchev–Trinajstić information content (AvgIpc) is 2.16. The highest BCUT2D eigenvalue weighted by Gasteiger charge is 2.13. The first kappa shape index (κ1) is 13.6. The lowest BCUT2D eigenvalue weighted by atomic mass is 9.96. The first-order chi connectivity index (χ1) is 7.49. The Labute approximate surface area is 112 Å². The second-order valence-electron chi connectivity index (χ2n) is 3.21. The molecule has 1 atom stereocenters. The van der Waals surface area contributed by atoms with Crippen molar-refractivity contribution in [3.8, 4) is 0 Å². The van der Waals surface area contributed by atoms with Crippen LogP contribution in [0, 0.1) is 0 Å². The molecule has 0 spiro atoms. The summed E-state index contributed by atoms with van der Waals surface area (Å²) in [6.07, 6.45) is 1.49. The van der Waals surface area contributed by atoms with E-state index in [1.54, 1.807) is 0 Å². The van der Waals surface area contributed by atoms with E-state index in [9.17, 15) is 4.79 Å². The smallest absolute Gasteiger partial charge is 0.304 e. The van der Waals surface area contributed by atoms with Crippen LogP contribution in [0.4, 0.5) is 0 Å². The van der Waals surface area contributed by atoms with E-state index in [1.165, 1.54) is 6.08 Å². The van der Waals surface area contributed by atoms with Gasteiger partial charge < -0.3 is 5.11 Å². The zero-order valence-corrected chi connectivity index (χ0v) is 11.3. The summed E-state index contributed by atoms with van der Waals surface area (Å²) in [4.78, 5) is 10.7. The van der Waals surface area contributed by atoms with Gasteiger partial charge in [-0.15, -0.1) is 0 Å². The Balaban J connectivity index is 2.96. The Bertz CT molecular complexity index is 397. The fourth-order valence-electron chi connectivity index (χ4n) is 1.32. The normalized spacial score (nSPS) is 11.9. The Morgan fingerprint density at radius 1 is 1.38 bits per heavy atom. The lowest BCUT2D eigenvalue weighted by Gasteiger charge is -2.10. The molecule has 86 valence electrons. The van der Waals surface area contributed by atoms with Gasteiger partial charge in [-0.2, -0.15) is 0 Å². The summed E-state index contributed by atoms with van der Waals surface area (Å²) >= 11 is 14.4. The Morgan fingerprint density at radius 2 is 1.94 bits per heavy atom. The summed E-state index contributed by atoms with van der Waals surface area (Å²) in [7, 11) is 0. The molecule has 0 radical (unpaired) electrons. The van der Waals surface area contributed by atoms with Gasteiger partial charge in [0.15, 0.2) is 0 Å². The summed E-state index contributed by atoms with van der Waals surface area (Å²) in [5.74, 6) is -1.20. The molecule has 5 heteroatoms. The first-order valence-corrected chi connectivity index (χ1v) is 6.04. The SMILES string of the molecule is O=C(O)CC(C=C(Cl)Cl)c1ccc(Br)cc1. The van der Waals surface area contributed by atoms with Crippen LogP contribution in [0.3, 0.4) is 0 Å².